The first kappa shape index (κ1) is 11.7. The zero-order chi connectivity index (χ0) is 10.9. The van der Waals surface area contributed by atoms with Crippen LogP contribution in [0.15, 0.2) is 22.7 Å². The predicted octanol–water partition coefficient (Wildman–Crippen LogP) is 4.33. The van der Waals surface area contributed by atoms with Gasteiger partial charge < -0.3 is 0 Å². The minimum absolute atomic E-state index is 0.0591. The van der Waals surface area contributed by atoms with E-state index in [4.69, 9.17) is 11.6 Å². The van der Waals surface area contributed by atoms with E-state index in [1.807, 2.05) is 26.8 Å². The molecule has 1 aromatic carbocycles. The van der Waals surface area contributed by atoms with E-state index in [-0.39, 0.29) is 5.78 Å². The third-order valence-corrected chi connectivity index (χ3v) is 2.68. The first-order valence-corrected chi connectivity index (χ1v) is 5.49. The second kappa shape index (κ2) is 4.03. The Bertz CT molecular complexity index is 366. The summed E-state index contributed by atoms with van der Waals surface area (Å²) >= 11 is 9.28. The lowest BCUT2D eigenvalue weighted by atomic mass is 9.86. The van der Waals surface area contributed by atoms with Gasteiger partial charge in [-0.25, -0.2) is 0 Å². The number of ketones is 1. The molecule has 0 heterocycles. The summed E-state index contributed by atoms with van der Waals surface area (Å²) in [6.07, 6.45) is 0. The fourth-order valence-electron chi connectivity index (χ4n) is 1.08. The Morgan fingerprint density at radius 2 is 1.93 bits per heavy atom. The second-order valence-corrected chi connectivity index (χ2v) is 5.53. The summed E-state index contributed by atoms with van der Waals surface area (Å²) < 4.78 is 0.870. The lowest BCUT2D eigenvalue weighted by Gasteiger charge is -2.17. The van der Waals surface area contributed by atoms with Crippen LogP contribution in [0.3, 0.4) is 0 Å². The van der Waals surface area contributed by atoms with Crippen molar-refractivity contribution >= 4 is 33.3 Å². The molecule has 3 heteroatoms. The number of Topliss-reactive ketones (excluding diaryl/α,β-unsaturated/α-hetero) is 1. The molecular formula is C11H12BrClO. The van der Waals surface area contributed by atoms with Crippen LogP contribution in [0, 0.1) is 5.41 Å². The van der Waals surface area contributed by atoms with Crippen LogP contribution in [0.2, 0.25) is 5.02 Å². The molecule has 0 saturated carbocycles. The molecule has 0 aliphatic rings. The summed E-state index contributed by atoms with van der Waals surface area (Å²) in [4.78, 5) is 11.9. The molecule has 0 aliphatic carbocycles. The van der Waals surface area contributed by atoms with Gasteiger partial charge in [0.05, 0.1) is 5.02 Å². The van der Waals surface area contributed by atoms with Gasteiger partial charge in [0.15, 0.2) is 5.78 Å². The van der Waals surface area contributed by atoms with Crippen molar-refractivity contribution in [3.05, 3.63) is 33.3 Å². The van der Waals surface area contributed by atoms with E-state index >= 15 is 0 Å². The van der Waals surface area contributed by atoms with Crippen molar-refractivity contribution in [1.29, 1.82) is 0 Å². The summed E-state index contributed by atoms with van der Waals surface area (Å²) in [5.41, 5.74) is 0.179. The Kier molecular flexibility index (Phi) is 3.38. The van der Waals surface area contributed by atoms with Crippen LogP contribution in [-0.2, 0) is 0 Å². The Morgan fingerprint density at radius 3 is 2.43 bits per heavy atom. The lowest BCUT2D eigenvalue weighted by Crippen LogP contribution is -2.20. The zero-order valence-electron chi connectivity index (χ0n) is 8.40. The van der Waals surface area contributed by atoms with Gasteiger partial charge in [-0.1, -0.05) is 48.3 Å². The van der Waals surface area contributed by atoms with Crippen LogP contribution in [0.5, 0.6) is 0 Å². The molecule has 0 amide bonds. The van der Waals surface area contributed by atoms with Gasteiger partial charge >= 0.3 is 0 Å². The average Bonchev–Trinajstić information content (AvgIpc) is 2.06. The first-order valence-electron chi connectivity index (χ1n) is 4.32. The first-order chi connectivity index (χ1) is 6.32. The van der Waals surface area contributed by atoms with Crippen LogP contribution in [-0.4, -0.2) is 5.78 Å². The van der Waals surface area contributed by atoms with E-state index < -0.39 is 5.41 Å². The van der Waals surface area contributed by atoms with Crippen molar-refractivity contribution in [2.45, 2.75) is 20.8 Å². The fourth-order valence-corrected chi connectivity index (χ4v) is 1.64. The summed E-state index contributed by atoms with van der Waals surface area (Å²) in [7, 11) is 0. The minimum atomic E-state index is -0.398. The van der Waals surface area contributed by atoms with Crippen LogP contribution >= 0.6 is 27.5 Å². The molecule has 1 aromatic rings. The molecule has 0 aromatic heterocycles. The highest BCUT2D eigenvalue weighted by atomic mass is 79.9. The molecule has 0 spiro atoms. The monoisotopic (exact) mass is 274 g/mol. The van der Waals surface area contributed by atoms with E-state index in [1.54, 1.807) is 12.1 Å². The van der Waals surface area contributed by atoms with Gasteiger partial charge in [0.25, 0.3) is 0 Å². The van der Waals surface area contributed by atoms with Crippen LogP contribution in [0.4, 0.5) is 0 Å². The van der Waals surface area contributed by atoms with Crippen molar-refractivity contribution in [2.75, 3.05) is 0 Å². The van der Waals surface area contributed by atoms with Gasteiger partial charge in [0.2, 0.25) is 0 Å². The maximum absolute atomic E-state index is 11.9. The van der Waals surface area contributed by atoms with E-state index in [2.05, 4.69) is 15.9 Å². The molecule has 1 nitrogen and oxygen atoms in total. The number of rotatable bonds is 1. The van der Waals surface area contributed by atoms with E-state index in [1.165, 1.54) is 0 Å². The Balaban J connectivity index is 3.19. The summed E-state index contributed by atoms with van der Waals surface area (Å²) in [5.74, 6) is 0.0591. The van der Waals surface area contributed by atoms with Gasteiger partial charge in [-0.15, -0.1) is 0 Å². The van der Waals surface area contributed by atoms with Crippen molar-refractivity contribution in [3.63, 3.8) is 0 Å². The van der Waals surface area contributed by atoms with Crippen molar-refractivity contribution in [1.82, 2.24) is 0 Å². The normalized spacial score (nSPS) is 11.5. The Labute approximate surface area is 97.6 Å². The van der Waals surface area contributed by atoms with E-state index in [9.17, 15) is 4.79 Å². The van der Waals surface area contributed by atoms with E-state index in [0.29, 0.717) is 10.6 Å². The summed E-state index contributed by atoms with van der Waals surface area (Å²) in [6.45, 7) is 5.64. The molecule has 14 heavy (non-hydrogen) atoms. The molecule has 0 N–H and O–H groups in total. The lowest BCUT2D eigenvalue weighted by molar-refractivity contribution is 0.0858. The Morgan fingerprint density at radius 1 is 1.36 bits per heavy atom. The average molecular weight is 276 g/mol. The number of carbonyl (C=O) groups excluding carboxylic acids is 1. The van der Waals surface area contributed by atoms with Gasteiger partial charge in [-0.2, -0.15) is 0 Å². The Hall–Kier alpha value is -0.340. The van der Waals surface area contributed by atoms with Crippen molar-refractivity contribution in [3.8, 4) is 0 Å². The van der Waals surface area contributed by atoms with Gasteiger partial charge in [-0.3, -0.25) is 4.79 Å². The number of halogens is 2. The van der Waals surface area contributed by atoms with Crippen LogP contribution in [0.25, 0.3) is 0 Å². The van der Waals surface area contributed by atoms with Gasteiger partial charge in [-0.05, 0) is 18.2 Å². The smallest absolute Gasteiger partial charge is 0.169 e. The van der Waals surface area contributed by atoms with Gasteiger partial charge in [0.1, 0.15) is 0 Å². The fraction of sp³-hybridized carbons (Fsp3) is 0.364. The highest BCUT2D eigenvalue weighted by molar-refractivity contribution is 9.10. The SMILES string of the molecule is CC(C)(C)C(=O)c1cc(Br)ccc1Cl. The molecule has 0 saturated heterocycles. The number of benzene rings is 1. The maximum atomic E-state index is 11.9. The molecule has 0 aliphatic heterocycles. The predicted molar refractivity (Wildman–Crippen MR) is 62.9 cm³/mol. The van der Waals surface area contributed by atoms with Crippen LogP contribution < -0.4 is 0 Å². The molecule has 0 unspecified atom stereocenters. The molecule has 1 rings (SSSR count). The minimum Gasteiger partial charge on any atom is -0.294 e. The highest BCUT2D eigenvalue weighted by Crippen LogP contribution is 2.28. The van der Waals surface area contributed by atoms with Crippen LogP contribution in [0.1, 0.15) is 31.1 Å². The summed E-state index contributed by atoms with van der Waals surface area (Å²) in [6, 6.07) is 5.31. The second-order valence-electron chi connectivity index (χ2n) is 4.20. The third kappa shape index (κ3) is 2.58. The topological polar surface area (TPSA) is 17.1 Å². The molecule has 76 valence electrons. The number of hydrogen-bond donors (Lipinski definition) is 0. The maximum Gasteiger partial charge on any atom is 0.169 e. The summed E-state index contributed by atoms with van der Waals surface area (Å²) in [5, 5.41) is 0.508. The largest absolute Gasteiger partial charge is 0.294 e. The molecular weight excluding hydrogens is 263 g/mol. The van der Waals surface area contributed by atoms with E-state index in [0.717, 1.165) is 4.47 Å². The number of hydrogen-bond acceptors (Lipinski definition) is 1. The molecule has 0 bridgehead atoms. The standard InChI is InChI=1S/C11H12BrClO/c1-11(2,3)10(14)8-6-7(12)4-5-9(8)13/h4-6H,1-3H3. The third-order valence-electron chi connectivity index (χ3n) is 1.85. The van der Waals surface area contributed by atoms with Crippen molar-refractivity contribution < 1.29 is 4.79 Å². The quantitative estimate of drug-likeness (QED) is 0.697. The van der Waals surface area contributed by atoms with Gasteiger partial charge in [0, 0.05) is 15.5 Å². The highest BCUT2D eigenvalue weighted by Gasteiger charge is 2.24. The number of carbonyl (C=O) groups is 1. The zero-order valence-corrected chi connectivity index (χ0v) is 10.7. The molecule has 0 fully saturated rings. The molecule has 0 atom stereocenters. The van der Waals surface area contributed by atoms with Crippen molar-refractivity contribution in [2.24, 2.45) is 5.41 Å². The molecule has 0 radical (unpaired) electrons.